The van der Waals surface area contributed by atoms with Gasteiger partial charge in [-0.15, -0.1) is 0 Å². The summed E-state index contributed by atoms with van der Waals surface area (Å²) in [5.74, 6) is 0.869. The van der Waals surface area contributed by atoms with Crippen LogP contribution in [0, 0.1) is 10.8 Å². The number of ether oxygens (including phenoxy) is 2. The largest absolute Gasteiger partial charge is 0.490 e. The van der Waals surface area contributed by atoms with Crippen molar-refractivity contribution >= 4 is 34.8 Å². The standard InChI is InChI=1S/C39H41Cl2NO4/c1-6-45-34-16-25(13-15-33(34)46-23-26-12-14-27(40)17-28(26)41)35-36-29(18-38(2,3)20-31(36)43)42(22-24-10-8-7-9-11-24)30-19-39(4,5)21-32(44)37(30)35/h7-17,35H,6,18-23H2,1-5H3. The Morgan fingerprint density at radius 1 is 0.761 bits per heavy atom. The van der Waals surface area contributed by atoms with Crippen molar-refractivity contribution in [1.82, 2.24) is 4.90 Å². The highest BCUT2D eigenvalue weighted by molar-refractivity contribution is 6.35. The van der Waals surface area contributed by atoms with E-state index in [2.05, 4.69) is 44.7 Å². The van der Waals surface area contributed by atoms with Crippen LogP contribution in [0.1, 0.15) is 82.9 Å². The molecule has 3 aromatic rings. The van der Waals surface area contributed by atoms with Crippen LogP contribution in [0.15, 0.2) is 89.3 Å². The molecule has 3 aliphatic rings. The van der Waals surface area contributed by atoms with E-state index in [1.807, 2.05) is 49.4 Å². The number of nitrogens with zero attached hydrogens (tertiary/aromatic N) is 1. The monoisotopic (exact) mass is 657 g/mol. The smallest absolute Gasteiger partial charge is 0.162 e. The Balaban J connectivity index is 1.48. The lowest BCUT2D eigenvalue weighted by atomic mass is 9.63. The molecule has 0 saturated carbocycles. The predicted molar refractivity (Wildman–Crippen MR) is 183 cm³/mol. The van der Waals surface area contributed by atoms with Gasteiger partial charge in [0.05, 0.1) is 6.61 Å². The maximum absolute atomic E-state index is 14.2. The van der Waals surface area contributed by atoms with E-state index < -0.39 is 5.92 Å². The number of rotatable bonds is 8. The molecule has 7 heteroatoms. The zero-order valence-corrected chi connectivity index (χ0v) is 28.7. The van der Waals surface area contributed by atoms with Crippen LogP contribution in [0.4, 0.5) is 0 Å². The summed E-state index contributed by atoms with van der Waals surface area (Å²) in [5, 5.41) is 1.09. The third kappa shape index (κ3) is 6.50. The van der Waals surface area contributed by atoms with E-state index >= 15 is 0 Å². The lowest BCUT2D eigenvalue weighted by Crippen LogP contribution is -2.44. The molecule has 46 heavy (non-hydrogen) atoms. The summed E-state index contributed by atoms with van der Waals surface area (Å²) < 4.78 is 12.3. The SMILES string of the molecule is CCOc1cc(C2C3=C(CC(C)(C)CC3=O)N(Cc3ccccc3)C3=C2C(=O)CC(C)(C)C3)ccc1OCc1ccc(Cl)cc1Cl. The first-order valence-electron chi connectivity index (χ1n) is 16.0. The molecule has 0 spiro atoms. The van der Waals surface area contributed by atoms with Crippen LogP contribution < -0.4 is 9.47 Å². The Hall–Kier alpha value is -3.54. The number of carbonyl (C=O) groups is 2. The first-order valence-corrected chi connectivity index (χ1v) is 16.8. The fraction of sp³-hybridized carbons (Fsp3) is 0.385. The van der Waals surface area contributed by atoms with Gasteiger partial charge in [-0.3, -0.25) is 9.59 Å². The molecule has 0 atom stereocenters. The van der Waals surface area contributed by atoms with E-state index in [0.29, 0.717) is 47.5 Å². The predicted octanol–water partition coefficient (Wildman–Crippen LogP) is 9.86. The van der Waals surface area contributed by atoms with Crippen molar-refractivity contribution < 1.29 is 19.1 Å². The summed E-state index contributed by atoms with van der Waals surface area (Å²) >= 11 is 12.5. The Kier molecular flexibility index (Phi) is 8.86. The Labute approximate surface area is 282 Å². The third-order valence-electron chi connectivity index (χ3n) is 9.20. The minimum atomic E-state index is -0.469. The van der Waals surface area contributed by atoms with Crippen LogP contribution in [-0.4, -0.2) is 23.1 Å². The summed E-state index contributed by atoms with van der Waals surface area (Å²) in [6.45, 7) is 11.9. The molecule has 1 heterocycles. The molecule has 0 amide bonds. The second-order valence-electron chi connectivity index (χ2n) is 14.3. The van der Waals surface area contributed by atoms with Gasteiger partial charge in [-0.25, -0.2) is 0 Å². The van der Waals surface area contributed by atoms with Gasteiger partial charge in [0.25, 0.3) is 0 Å². The summed E-state index contributed by atoms with van der Waals surface area (Å²) in [6, 6.07) is 21.5. The van der Waals surface area contributed by atoms with E-state index in [1.165, 1.54) is 0 Å². The minimum Gasteiger partial charge on any atom is -0.490 e. The maximum atomic E-state index is 14.2. The lowest BCUT2D eigenvalue weighted by Gasteiger charge is -2.49. The number of ketones is 2. The Bertz CT molecular complexity index is 1700. The second-order valence-corrected chi connectivity index (χ2v) is 15.1. The van der Waals surface area contributed by atoms with Gasteiger partial charge in [0, 0.05) is 63.5 Å². The van der Waals surface area contributed by atoms with Crippen molar-refractivity contribution in [1.29, 1.82) is 0 Å². The van der Waals surface area contributed by atoms with Gasteiger partial charge < -0.3 is 14.4 Å². The average Bonchev–Trinajstić information content (AvgIpc) is 2.97. The quantitative estimate of drug-likeness (QED) is 0.241. The van der Waals surface area contributed by atoms with Crippen molar-refractivity contribution in [3.63, 3.8) is 0 Å². The molecule has 1 aliphatic heterocycles. The molecule has 3 aromatic carbocycles. The van der Waals surface area contributed by atoms with Crippen molar-refractivity contribution in [2.45, 2.75) is 79.4 Å². The van der Waals surface area contributed by atoms with Gasteiger partial charge in [-0.05, 0) is 66.0 Å². The molecule has 2 aliphatic carbocycles. The molecular formula is C39H41Cl2NO4. The zero-order chi connectivity index (χ0) is 32.8. The molecule has 0 aromatic heterocycles. The minimum absolute atomic E-state index is 0.106. The number of benzene rings is 3. The first kappa shape index (κ1) is 32.4. The highest BCUT2D eigenvalue weighted by Gasteiger charge is 2.49. The van der Waals surface area contributed by atoms with Crippen LogP contribution in [0.2, 0.25) is 10.0 Å². The van der Waals surface area contributed by atoms with Crippen molar-refractivity contribution in [3.05, 3.63) is 116 Å². The molecular weight excluding hydrogens is 617 g/mol. The topological polar surface area (TPSA) is 55.8 Å². The van der Waals surface area contributed by atoms with Crippen LogP contribution in [0.5, 0.6) is 11.5 Å². The number of Topliss-reactive ketones (excluding diaryl/α,β-unsaturated/α-hetero) is 2. The van der Waals surface area contributed by atoms with Gasteiger partial charge in [0.1, 0.15) is 6.61 Å². The molecule has 0 saturated heterocycles. The molecule has 6 rings (SSSR count). The normalized spacial score (nSPS) is 19.2. The first-order chi connectivity index (χ1) is 21.9. The summed E-state index contributed by atoms with van der Waals surface area (Å²) in [4.78, 5) is 30.8. The summed E-state index contributed by atoms with van der Waals surface area (Å²) in [5.41, 5.74) is 5.98. The molecule has 240 valence electrons. The van der Waals surface area contributed by atoms with Crippen LogP contribution in [0.25, 0.3) is 0 Å². The lowest BCUT2D eigenvalue weighted by molar-refractivity contribution is -0.119. The fourth-order valence-corrected chi connectivity index (χ4v) is 7.69. The van der Waals surface area contributed by atoms with Crippen molar-refractivity contribution in [2.75, 3.05) is 6.61 Å². The Morgan fingerprint density at radius 3 is 1.98 bits per heavy atom. The van der Waals surface area contributed by atoms with Gasteiger partial charge in [0.15, 0.2) is 23.1 Å². The van der Waals surface area contributed by atoms with Crippen LogP contribution in [0.3, 0.4) is 0 Å². The van der Waals surface area contributed by atoms with E-state index in [9.17, 15) is 9.59 Å². The van der Waals surface area contributed by atoms with Gasteiger partial charge in [0.2, 0.25) is 0 Å². The van der Waals surface area contributed by atoms with Crippen molar-refractivity contribution in [2.24, 2.45) is 10.8 Å². The zero-order valence-electron chi connectivity index (χ0n) is 27.2. The maximum Gasteiger partial charge on any atom is 0.162 e. The molecule has 0 radical (unpaired) electrons. The Morgan fingerprint density at radius 2 is 1.39 bits per heavy atom. The average molecular weight is 659 g/mol. The number of carbonyl (C=O) groups excluding carboxylic acids is 2. The van der Waals surface area contributed by atoms with Crippen LogP contribution in [-0.2, 0) is 22.7 Å². The van der Waals surface area contributed by atoms with E-state index in [4.69, 9.17) is 32.7 Å². The summed E-state index contributed by atoms with van der Waals surface area (Å²) in [6.07, 6.45) is 2.38. The van der Waals surface area contributed by atoms with E-state index in [1.54, 1.807) is 12.1 Å². The fourth-order valence-electron chi connectivity index (χ4n) is 7.22. The van der Waals surface area contributed by atoms with Gasteiger partial charge >= 0.3 is 0 Å². The number of halogens is 2. The third-order valence-corrected chi connectivity index (χ3v) is 9.79. The van der Waals surface area contributed by atoms with E-state index in [0.717, 1.165) is 52.1 Å². The molecule has 5 nitrogen and oxygen atoms in total. The molecule has 0 bridgehead atoms. The number of hydrogen-bond acceptors (Lipinski definition) is 5. The molecule has 0 unspecified atom stereocenters. The van der Waals surface area contributed by atoms with Gasteiger partial charge in [-0.1, -0.05) is 93.4 Å². The van der Waals surface area contributed by atoms with E-state index in [-0.39, 0.29) is 29.0 Å². The van der Waals surface area contributed by atoms with Gasteiger partial charge in [-0.2, -0.15) is 0 Å². The summed E-state index contributed by atoms with van der Waals surface area (Å²) in [7, 11) is 0. The van der Waals surface area contributed by atoms with Crippen LogP contribution >= 0.6 is 23.2 Å². The highest BCUT2D eigenvalue weighted by atomic mass is 35.5. The van der Waals surface area contributed by atoms with Crippen molar-refractivity contribution in [3.8, 4) is 11.5 Å². The highest BCUT2D eigenvalue weighted by Crippen LogP contribution is 2.55. The number of hydrogen-bond donors (Lipinski definition) is 0. The number of allylic oxidation sites excluding steroid dienone is 4. The molecule has 0 N–H and O–H groups in total. The second kappa shape index (κ2) is 12.6. The molecule has 0 fully saturated rings.